The molecule has 2 heterocycles. The SMILES string of the molecule is Cc1cc(NC(=O)c2cc([N+](=O)[O-])cnc2N)n(C)n1. The number of pyridine rings is 1. The number of hydrogen-bond acceptors (Lipinski definition) is 6. The van der Waals surface area contributed by atoms with Crippen LogP contribution in [0.3, 0.4) is 0 Å². The molecular weight excluding hydrogens is 264 g/mol. The van der Waals surface area contributed by atoms with Gasteiger partial charge in [-0.1, -0.05) is 0 Å². The standard InChI is InChI=1S/C11H12N6O3/c1-6-3-9(16(2)15-6)14-11(18)8-4-7(17(19)20)5-13-10(8)12/h3-5H,1-2H3,(H2,12,13)(H,14,18). The number of carbonyl (C=O) groups is 1. The predicted molar refractivity (Wildman–Crippen MR) is 71.2 cm³/mol. The number of nitrogens with one attached hydrogen (secondary N) is 1. The number of anilines is 2. The van der Waals surface area contributed by atoms with Crippen molar-refractivity contribution in [2.24, 2.45) is 7.05 Å². The molecule has 1 amide bonds. The lowest BCUT2D eigenvalue weighted by Gasteiger charge is -2.06. The smallest absolute Gasteiger partial charge is 0.288 e. The predicted octanol–water partition coefficient (Wildman–Crippen LogP) is 0.866. The van der Waals surface area contributed by atoms with Crippen LogP contribution in [0, 0.1) is 17.0 Å². The van der Waals surface area contributed by atoms with E-state index in [1.54, 1.807) is 20.0 Å². The van der Waals surface area contributed by atoms with Crippen molar-refractivity contribution < 1.29 is 9.72 Å². The summed E-state index contributed by atoms with van der Waals surface area (Å²) >= 11 is 0. The number of nitrogens with zero attached hydrogens (tertiary/aromatic N) is 4. The van der Waals surface area contributed by atoms with Crippen molar-refractivity contribution in [3.63, 3.8) is 0 Å². The van der Waals surface area contributed by atoms with Crippen LogP contribution in [0.15, 0.2) is 18.3 Å². The second-order valence-electron chi connectivity index (χ2n) is 4.13. The first-order valence-electron chi connectivity index (χ1n) is 5.60. The maximum atomic E-state index is 12.1. The quantitative estimate of drug-likeness (QED) is 0.632. The van der Waals surface area contributed by atoms with Crippen LogP contribution < -0.4 is 11.1 Å². The van der Waals surface area contributed by atoms with Gasteiger partial charge in [-0.25, -0.2) is 4.98 Å². The lowest BCUT2D eigenvalue weighted by Crippen LogP contribution is -2.17. The van der Waals surface area contributed by atoms with Crippen LogP contribution in [-0.2, 0) is 7.05 Å². The Labute approximate surface area is 113 Å². The molecule has 20 heavy (non-hydrogen) atoms. The molecular formula is C11H12N6O3. The molecule has 0 aromatic carbocycles. The maximum Gasteiger partial charge on any atom is 0.288 e. The molecule has 0 aliphatic heterocycles. The molecule has 2 aromatic heterocycles. The molecule has 3 N–H and O–H groups in total. The van der Waals surface area contributed by atoms with Crippen molar-refractivity contribution in [2.75, 3.05) is 11.1 Å². The van der Waals surface area contributed by atoms with Gasteiger partial charge in [0.2, 0.25) is 0 Å². The summed E-state index contributed by atoms with van der Waals surface area (Å²) < 4.78 is 1.48. The fraction of sp³-hybridized carbons (Fsp3) is 0.182. The third-order valence-electron chi connectivity index (χ3n) is 2.60. The van der Waals surface area contributed by atoms with Crippen LogP contribution in [0.1, 0.15) is 16.1 Å². The number of nitrogens with two attached hydrogens (primary N) is 1. The minimum Gasteiger partial charge on any atom is -0.383 e. The van der Waals surface area contributed by atoms with Gasteiger partial charge in [0.25, 0.3) is 11.6 Å². The van der Waals surface area contributed by atoms with E-state index in [0.29, 0.717) is 5.82 Å². The van der Waals surface area contributed by atoms with Crippen molar-refractivity contribution >= 4 is 23.2 Å². The maximum absolute atomic E-state index is 12.1. The van der Waals surface area contributed by atoms with Gasteiger partial charge < -0.3 is 11.1 Å². The van der Waals surface area contributed by atoms with Gasteiger partial charge in [0.15, 0.2) is 0 Å². The van der Waals surface area contributed by atoms with Crippen LogP contribution in [-0.4, -0.2) is 25.6 Å². The van der Waals surface area contributed by atoms with Crippen molar-refractivity contribution in [2.45, 2.75) is 6.92 Å². The first-order valence-corrected chi connectivity index (χ1v) is 5.60. The summed E-state index contributed by atoms with van der Waals surface area (Å²) in [6.45, 7) is 1.78. The molecule has 0 atom stereocenters. The van der Waals surface area contributed by atoms with Gasteiger partial charge in [-0.2, -0.15) is 5.10 Å². The topological polar surface area (TPSA) is 129 Å². The number of rotatable bonds is 3. The summed E-state index contributed by atoms with van der Waals surface area (Å²) in [6.07, 6.45) is 1.00. The lowest BCUT2D eigenvalue weighted by atomic mass is 10.2. The number of nitro groups is 1. The van der Waals surface area contributed by atoms with E-state index >= 15 is 0 Å². The zero-order valence-electron chi connectivity index (χ0n) is 10.8. The molecule has 0 aliphatic rings. The van der Waals surface area contributed by atoms with E-state index in [0.717, 1.165) is 18.0 Å². The molecule has 0 saturated heterocycles. The van der Waals surface area contributed by atoms with E-state index in [-0.39, 0.29) is 17.1 Å². The van der Waals surface area contributed by atoms with Gasteiger partial charge in [0.05, 0.1) is 16.2 Å². The van der Waals surface area contributed by atoms with Crippen LogP contribution in [0.4, 0.5) is 17.3 Å². The van der Waals surface area contributed by atoms with E-state index in [1.807, 2.05) is 0 Å². The van der Waals surface area contributed by atoms with E-state index in [1.165, 1.54) is 4.68 Å². The third-order valence-corrected chi connectivity index (χ3v) is 2.60. The van der Waals surface area contributed by atoms with Crippen molar-refractivity contribution in [3.8, 4) is 0 Å². The van der Waals surface area contributed by atoms with Gasteiger partial charge in [0.1, 0.15) is 17.8 Å². The second-order valence-corrected chi connectivity index (χ2v) is 4.13. The number of carbonyl (C=O) groups excluding carboxylic acids is 1. The van der Waals surface area contributed by atoms with Gasteiger partial charge >= 0.3 is 0 Å². The Hall–Kier alpha value is -2.97. The summed E-state index contributed by atoms with van der Waals surface area (Å²) in [4.78, 5) is 25.8. The zero-order valence-corrected chi connectivity index (χ0v) is 10.8. The summed E-state index contributed by atoms with van der Waals surface area (Å²) in [5.74, 6) is -0.202. The molecule has 0 saturated carbocycles. The van der Waals surface area contributed by atoms with Crippen LogP contribution in [0.2, 0.25) is 0 Å². The Morgan fingerprint density at radius 2 is 2.20 bits per heavy atom. The normalized spacial score (nSPS) is 10.3. The van der Waals surface area contributed by atoms with Crippen LogP contribution in [0.5, 0.6) is 0 Å². The Morgan fingerprint density at radius 3 is 2.75 bits per heavy atom. The molecule has 9 heteroatoms. The van der Waals surface area contributed by atoms with E-state index < -0.39 is 10.8 Å². The Morgan fingerprint density at radius 1 is 1.50 bits per heavy atom. The molecule has 0 aliphatic carbocycles. The number of hydrogen-bond donors (Lipinski definition) is 2. The van der Waals surface area contributed by atoms with Gasteiger partial charge in [0, 0.05) is 19.2 Å². The first-order chi connectivity index (χ1) is 9.38. The van der Waals surface area contributed by atoms with E-state index in [2.05, 4.69) is 15.4 Å². The minimum atomic E-state index is -0.641. The van der Waals surface area contributed by atoms with Crippen LogP contribution in [0.25, 0.3) is 0 Å². The van der Waals surface area contributed by atoms with Crippen molar-refractivity contribution in [1.82, 2.24) is 14.8 Å². The minimum absolute atomic E-state index is 0.0574. The van der Waals surface area contributed by atoms with E-state index in [9.17, 15) is 14.9 Å². The average Bonchev–Trinajstić information content (AvgIpc) is 2.67. The summed E-state index contributed by atoms with van der Waals surface area (Å²) in [7, 11) is 1.66. The molecule has 2 aromatic rings. The van der Waals surface area contributed by atoms with Crippen LogP contribution >= 0.6 is 0 Å². The fourth-order valence-electron chi connectivity index (χ4n) is 1.66. The molecule has 0 radical (unpaired) electrons. The zero-order chi connectivity index (χ0) is 14.9. The van der Waals surface area contributed by atoms with E-state index in [4.69, 9.17) is 5.73 Å². The molecule has 0 spiro atoms. The molecule has 104 valence electrons. The second kappa shape index (κ2) is 4.96. The van der Waals surface area contributed by atoms with Gasteiger partial charge in [-0.3, -0.25) is 19.6 Å². The number of amides is 1. The first kappa shape index (κ1) is 13.5. The summed E-state index contributed by atoms with van der Waals surface area (Å²) in [5, 5.41) is 17.3. The Balaban J connectivity index is 2.31. The Kier molecular flexibility index (Phi) is 3.34. The highest BCUT2D eigenvalue weighted by atomic mass is 16.6. The monoisotopic (exact) mass is 276 g/mol. The number of nitrogen functional groups attached to an aromatic ring is 1. The highest BCUT2D eigenvalue weighted by molar-refractivity contribution is 6.07. The largest absolute Gasteiger partial charge is 0.383 e. The fourth-order valence-corrected chi connectivity index (χ4v) is 1.66. The molecule has 9 nitrogen and oxygen atoms in total. The average molecular weight is 276 g/mol. The highest BCUT2D eigenvalue weighted by Crippen LogP contribution is 2.18. The van der Waals surface area contributed by atoms with Gasteiger partial charge in [-0.05, 0) is 6.92 Å². The van der Waals surface area contributed by atoms with Gasteiger partial charge in [-0.15, -0.1) is 0 Å². The Bertz CT molecular complexity index is 693. The molecule has 0 fully saturated rings. The summed E-state index contributed by atoms with van der Waals surface area (Å²) in [5.41, 5.74) is 5.94. The number of aromatic nitrogens is 3. The molecule has 0 bridgehead atoms. The molecule has 0 unspecified atom stereocenters. The third kappa shape index (κ3) is 2.55. The number of aryl methyl sites for hydroxylation is 2. The lowest BCUT2D eigenvalue weighted by molar-refractivity contribution is -0.385. The van der Waals surface area contributed by atoms with Crippen molar-refractivity contribution in [1.29, 1.82) is 0 Å². The molecule has 2 rings (SSSR count). The van der Waals surface area contributed by atoms with Crippen molar-refractivity contribution in [3.05, 3.63) is 39.7 Å². The highest BCUT2D eigenvalue weighted by Gasteiger charge is 2.17. The summed E-state index contributed by atoms with van der Waals surface area (Å²) in [6, 6.07) is 2.75.